The van der Waals surface area contributed by atoms with Crippen LogP contribution < -0.4 is 5.73 Å². The lowest BCUT2D eigenvalue weighted by Crippen LogP contribution is -2.53. The van der Waals surface area contributed by atoms with E-state index in [2.05, 4.69) is 32.4 Å². The predicted octanol–water partition coefficient (Wildman–Crippen LogP) is 4.59. The van der Waals surface area contributed by atoms with Crippen molar-refractivity contribution in [3.63, 3.8) is 0 Å². The molecule has 5 nitrogen and oxygen atoms in total. The van der Waals surface area contributed by atoms with Crippen LogP contribution in [0.15, 0.2) is 12.2 Å². The highest BCUT2D eigenvalue weighted by Crippen LogP contribution is 2.63. The van der Waals surface area contributed by atoms with Crippen molar-refractivity contribution < 1.29 is 19.1 Å². The van der Waals surface area contributed by atoms with Crippen LogP contribution in [0, 0.1) is 46.5 Å². The number of rotatable bonds is 4. The number of esters is 2. The summed E-state index contributed by atoms with van der Waals surface area (Å²) >= 11 is 0. The molecule has 0 aliphatic heterocycles. The maximum atomic E-state index is 11.8. The predicted molar refractivity (Wildman–Crippen MR) is 120 cm³/mol. The monoisotopic (exact) mass is 429 g/mol. The molecule has 3 aliphatic carbocycles. The smallest absolute Gasteiger partial charge is 0.302 e. The number of hydrogen-bond donors (Lipinski definition) is 1. The molecule has 31 heavy (non-hydrogen) atoms. The van der Waals surface area contributed by atoms with Crippen molar-refractivity contribution in [3.05, 3.63) is 12.2 Å². The lowest BCUT2D eigenvalue weighted by atomic mass is 9.49. The first-order valence-corrected chi connectivity index (χ1v) is 11.8. The third-order valence-electron chi connectivity index (χ3n) is 8.94. The molecule has 0 radical (unpaired) electrons. The summed E-state index contributed by atoms with van der Waals surface area (Å²) in [5.74, 6) is 4.00. The van der Waals surface area contributed by atoms with Crippen molar-refractivity contribution in [1.82, 2.24) is 0 Å². The SMILES string of the molecule is C=C1CCC2C(C#CN)C([C@@]3(C)CC[C@H](OC(C)=O)C[C@@H]3[C@@H](C)OC(C)=O)CC[C@]12C. The van der Waals surface area contributed by atoms with E-state index in [-0.39, 0.29) is 46.8 Å². The zero-order valence-electron chi connectivity index (χ0n) is 19.8. The molecule has 3 fully saturated rings. The molecule has 0 heterocycles. The molecule has 8 atom stereocenters. The van der Waals surface area contributed by atoms with Crippen molar-refractivity contribution in [2.45, 2.75) is 91.8 Å². The average molecular weight is 430 g/mol. The minimum atomic E-state index is -0.272. The van der Waals surface area contributed by atoms with Gasteiger partial charge in [-0.25, -0.2) is 0 Å². The maximum absolute atomic E-state index is 11.8. The number of carbonyl (C=O) groups excluding carboxylic acids is 2. The quantitative estimate of drug-likeness (QED) is 0.306. The Kier molecular flexibility index (Phi) is 6.79. The fourth-order valence-corrected chi connectivity index (χ4v) is 7.29. The van der Waals surface area contributed by atoms with Crippen LogP contribution >= 0.6 is 0 Å². The molecule has 172 valence electrons. The third kappa shape index (κ3) is 4.36. The van der Waals surface area contributed by atoms with E-state index in [1.807, 2.05) is 6.92 Å². The van der Waals surface area contributed by atoms with Gasteiger partial charge in [-0.3, -0.25) is 9.59 Å². The lowest BCUT2D eigenvalue weighted by Gasteiger charge is -2.56. The largest absolute Gasteiger partial charge is 0.463 e. The summed E-state index contributed by atoms with van der Waals surface area (Å²) in [6.45, 7) is 14.0. The minimum absolute atomic E-state index is 0.0781. The Morgan fingerprint density at radius 1 is 1.13 bits per heavy atom. The molecule has 3 unspecified atom stereocenters. The topological polar surface area (TPSA) is 78.6 Å². The fourth-order valence-electron chi connectivity index (χ4n) is 7.29. The van der Waals surface area contributed by atoms with Gasteiger partial charge in [0.2, 0.25) is 0 Å². The summed E-state index contributed by atoms with van der Waals surface area (Å²) in [6, 6.07) is 2.75. The summed E-state index contributed by atoms with van der Waals surface area (Å²) in [7, 11) is 0. The van der Waals surface area contributed by atoms with Gasteiger partial charge in [-0.2, -0.15) is 0 Å². The molecule has 3 saturated carbocycles. The van der Waals surface area contributed by atoms with Crippen LogP contribution in [0.3, 0.4) is 0 Å². The summed E-state index contributed by atoms with van der Waals surface area (Å²) in [5.41, 5.74) is 7.19. The van der Waals surface area contributed by atoms with E-state index in [0.717, 1.165) is 38.5 Å². The Hall–Kier alpha value is -1.96. The molecule has 0 aromatic rings. The van der Waals surface area contributed by atoms with E-state index in [9.17, 15) is 9.59 Å². The average Bonchev–Trinajstić information content (AvgIpc) is 2.98. The van der Waals surface area contributed by atoms with Gasteiger partial charge in [-0.15, -0.1) is 0 Å². The highest BCUT2D eigenvalue weighted by Gasteiger charge is 2.57. The first-order chi connectivity index (χ1) is 14.5. The number of allylic oxidation sites excluding steroid dienone is 1. The molecule has 0 spiro atoms. The van der Waals surface area contributed by atoms with Crippen molar-refractivity contribution in [3.8, 4) is 12.0 Å². The number of hydrogen-bond acceptors (Lipinski definition) is 5. The zero-order chi connectivity index (χ0) is 23.0. The molecule has 0 amide bonds. The van der Waals surface area contributed by atoms with Crippen LogP contribution in [0.5, 0.6) is 0 Å². The number of carbonyl (C=O) groups is 2. The molecule has 2 N–H and O–H groups in total. The van der Waals surface area contributed by atoms with Gasteiger partial charge in [0.1, 0.15) is 12.2 Å². The molecule has 0 bridgehead atoms. The Balaban J connectivity index is 1.95. The molecule has 3 aliphatic rings. The first-order valence-electron chi connectivity index (χ1n) is 11.8. The Morgan fingerprint density at radius 3 is 2.45 bits per heavy atom. The Morgan fingerprint density at radius 2 is 1.84 bits per heavy atom. The molecule has 3 rings (SSSR count). The third-order valence-corrected chi connectivity index (χ3v) is 8.94. The molecule has 0 saturated heterocycles. The van der Waals surface area contributed by atoms with Gasteiger partial charge < -0.3 is 15.2 Å². The van der Waals surface area contributed by atoms with E-state index in [4.69, 9.17) is 15.2 Å². The second kappa shape index (κ2) is 8.88. The summed E-state index contributed by atoms with van der Waals surface area (Å²) in [4.78, 5) is 23.4. The fraction of sp³-hybridized carbons (Fsp3) is 0.769. The van der Waals surface area contributed by atoms with Crippen LogP contribution in [0.4, 0.5) is 0 Å². The summed E-state index contributed by atoms with van der Waals surface area (Å²) < 4.78 is 11.3. The summed E-state index contributed by atoms with van der Waals surface area (Å²) in [6.07, 6.45) is 6.42. The standard InChI is InChI=1S/C26H39NO4/c1-16-7-8-22-21(11-14-27)23(10-13-25(16,22)5)26(6)12-9-20(31-19(4)29)15-24(26)17(2)30-18(3)28/h17,20-24H,1,7-10,12-13,15,27H2,2-6H3/t17-,20+,21?,22?,23?,24-,25-,26-/m1/s1. The van der Waals surface area contributed by atoms with Crippen LogP contribution in [0.1, 0.15) is 79.6 Å². The van der Waals surface area contributed by atoms with Crippen LogP contribution in [-0.2, 0) is 19.1 Å². The second-order valence-electron chi connectivity index (χ2n) is 10.6. The van der Waals surface area contributed by atoms with Gasteiger partial charge in [-0.05, 0) is 74.5 Å². The van der Waals surface area contributed by atoms with Crippen molar-refractivity contribution >= 4 is 11.9 Å². The van der Waals surface area contributed by atoms with E-state index >= 15 is 0 Å². The minimum Gasteiger partial charge on any atom is -0.463 e. The highest BCUT2D eigenvalue weighted by atomic mass is 16.5. The number of fused-ring (bicyclic) bond motifs is 1. The highest BCUT2D eigenvalue weighted by molar-refractivity contribution is 5.66. The summed E-state index contributed by atoms with van der Waals surface area (Å²) in [5, 5.41) is 0. The lowest BCUT2D eigenvalue weighted by molar-refractivity contribution is -0.168. The molecule has 0 aromatic carbocycles. The Labute approximate surface area is 187 Å². The van der Waals surface area contributed by atoms with Gasteiger partial charge in [0.15, 0.2) is 0 Å². The van der Waals surface area contributed by atoms with Gasteiger partial charge in [-0.1, -0.05) is 31.9 Å². The van der Waals surface area contributed by atoms with E-state index in [1.54, 1.807) is 0 Å². The zero-order valence-corrected chi connectivity index (χ0v) is 19.8. The molecular formula is C26H39NO4. The second-order valence-corrected chi connectivity index (χ2v) is 10.6. The van der Waals surface area contributed by atoms with Gasteiger partial charge >= 0.3 is 11.9 Å². The van der Waals surface area contributed by atoms with E-state index < -0.39 is 0 Å². The number of ether oxygens (including phenoxy) is 2. The number of nitrogens with two attached hydrogens (primary N) is 1. The van der Waals surface area contributed by atoms with E-state index in [1.165, 1.54) is 19.4 Å². The molecular weight excluding hydrogens is 390 g/mol. The first kappa shape index (κ1) is 23.7. The van der Waals surface area contributed by atoms with Crippen LogP contribution in [0.2, 0.25) is 0 Å². The van der Waals surface area contributed by atoms with Crippen molar-refractivity contribution in [2.75, 3.05) is 0 Å². The Bertz CT molecular complexity index is 795. The van der Waals surface area contributed by atoms with Gasteiger partial charge in [0.25, 0.3) is 0 Å². The van der Waals surface area contributed by atoms with E-state index in [0.29, 0.717) is 18.3 Å². The van der Waals surface area contributed by atoms with Gasteiger partial charge in [0.05, 0.1) is 0 Å². The van der Waals surface area contributed by atoms with Crippen molar-refractivity contribution in [2.24, 2.45) is 40.2 Å². The molecule has 0 aromatic heterocycles. The van der Waals surface area contributed by atoms with Crippen LogP contribution in [-0.4, -0.2) is 24.1 Å². The normalized spacial score (nSPS) is 40.8. The van der Waals surface area contributed by atoms with Gasteiger partial charge in [0, 0.05) is 31.7 Å². The van der Waals surface area contributed by atoms with Crippen LogP contribution in [0.25, 0.3) is 0 Å². The van der Waals surface area contributed by atoms with Crippen molar-refractivity contribution in [1.29, 1.82) is 0 Å². The maximum Gasteiger partial charge on any atom is 0.302 e. The molecule has 5 heteroatoms.